The molecular formula is C17H25F2N. The molecule has 3 heteroatoms. The van der Waals surface area contributed by atoms with Gasteiger partial charge in [0.25, 0.3) is 5.92 Å². The summed E-state index contributed by atoms with van der Waals surface area (Å²) < 4.78 is 25.8. The van der Waals surface area contributed by atoms with Gasteiger partial charge in [-0.25, -0.2) is 8.78 Å². The van der Waals surface area contributed by atoms with Gasteiger partial charge in [-0.15, -0.1) is 0 Å². The highest BCUT2D eigenvalue weighted by Gasteiger charge is 2.56. The third kappa shape index (κ3) is 3.78. The van der Waals surface area contributed by atoms with Gasteiger partial charge in [0.2, 0.25) is 0 Å². The minimum Gasteiger partial charge on any atom is -0.298 e. The highest BCUT2D eigenvalue weighted by atomic mass is 19.3. The lowest BCUT2D eigenvalue weighted by Gasteiger charge is -2.29. The van der Waals surface area contributed by atoms with Gasteiger partial charge in [0.1, 0.15) is 0 Å². The Morgan fingerprint density at radius 3 is 2.50 bits per heavy atom. The van der Waals surface area contributed by atoms with Crippen molar-refractivity contribution in [3.63, 3.8) is 0 Å². The molecule has 0 bridgehead atoms. The first-order chi connectivity index (χ1) is 9.46. The van der Waals surface area contributed by atoms with Crippen molar-refractivity contribution in [3.05, 3.63) is 34.9 Å². The zero-order valence-electron chi connectivity index (χ0n) is 12.8. The Balaban J connectivity index is 0.000000452. The molecule has 0 N–H and O–H groups in total. The minimum absolute atomic E-state index is 0.0875. The summed E-state index contributed by atoms with van der Waals surface area (Å²) in [6, 6.07) is 6.49. The van der Waals surface area contributed by atoms with Crippen LogP contribution < -0.4 is 0 Å². The molecule has 1 atom stereocenters. The smallest absolute Gasteiger partial charge is 0.252 e. The van der Waals surface area contributed by atoms with Crippen LogP contribution in [0.4, 0.5) is 8.78 Å². The van der Waals surface area contributed by atoms with Gasteiger partial charge in [-0.3, -0.25) is 4.90 Å². The lowest BCUT2D eigenvalue weighted by atomic mass is 9.97. The van der Waals surface area contributed by atoms with Crippen molar-refractivity contribution in [2.24, 2.45) is 5.92 Å². The van der Waals surface area contributed by atoms with E-state index in [2.05, 4.69) is 43.9 Å². The van der Waals surface area contributed by atoms with Gasteiger partial charge < -0.3 is 0 Å². The fourth-order valence-corrected chi connectivity index (χ4v) is 2.68. The van der Waals surface area contributed by atoms with Gasteiger partial charge in [0, 0.05) is 32.0 Å². The van der Waals surface area contributed by atoms with Crippen LogP contribution in [0.3, 0.4) is 0 Å². The number of hydrogen-bond donors (Lipinski definition) is 0. The van der Waals surface area contributed by atoms with E-state index < -0.39 is 11.8 Å². The third-order valence-electron chi connectivity index (χ3n) is 3.89. The normalized spacial score (nSPS) is 23.6. The zero-order chi connectivity index (χ0) is 14.8. The highest BCUT2D eigenvalue weighted by molar-refractivity contribution is 5.33. The van der Waals surface area contributed by atoms with Gasteiger partial charge in [-0.2, -0.15) is 0 Å². The van der Waals surface area contributed by atoms with Crippen molar-refractivity contribution in [1.82, 2.24) is 4.90 Å². The number of rotatable bonds is 2. The van der Waals surface area contributed by atoms with Crippen molar-refractivity contribution >= 4 is 0 Å². The van der Waals surface area contributed by atoms with E-state index in [0.29, 0.717) is 6.54 Å². The maximum Gasteiger partial charge on any atom is 0.252 e. The number of alkyl halides is 2. The van der Waals surface area contributed by atoms with Gasteiger partial charge in [0.05, 0.1) is 0 Å². The molecule has 1 nitrogen and oxygen atoms in total. The molecule has 2 aliphatic rings. The average Bonchev–Trinajstić information content (AvgIpc) is 2.97. The first-order valence-electron chi connectivity index (χ1n) is 7.64. The number of nitrogens with zero attached hydrogens (tertiary/aromatic N) is 1. The molecule has 3 rings (SSSR count). The van der Waals surface area contributed by atoms with Crippen molar-refractivity contribution in [2.75, 3.05) is 13.1 Å². The molecule has 0 aromatic heterocycles. The molecule has 1 heterocycles. The number of halogens is 2. The van der Waals surface area contributed by atoms with E-state index in [4.69, 9.17) is 0 Å². The van der Waals surface area contributed by atoms with Crippen molar-refractivity contribution in [2.45, 2.75) is 52.5 Å². The maximum atomic E-state index is 12.9. The largest absolute Gasteiger partial charge is 0.298 e. The topological polar surface area (TPSA) is 3.24 Å². The van der Waals surface area contributed by atoms with Crippen LogP contribution in [0.1, 0.15) is 43.4 Å². The molecule has 1 aromatic rings. The monoisotopic (exact) mass is 281 g/mol. The van der Waals surface area contributed by atoms with E-state index >= 15 is 0 Å². The van der Waals surface area contributed by atoms with Gasteiger partial charge in [-0.1, -0.05) is 44.0 Å². The van der Waals surface area contributed by atoms with Crippen LogP contribution >= 0.6 is 0 Å². The molecule has 20 heavy (non-hydrogen) atoms. The SMILES string of the molecule is CCC.Cc1ccc2c(c1)CN(CC1CC1(F)F)CC2. The quantitative estimate of drug-likeness (QED) is 0.775. The van der Waals surface area contributed by atoms with E-state index in [0.717, 1.165) is 19.5 Å². The number of hydrogen-bond acceptors (Lipinski definition) is 1. The summed E-state index contributed by atoms with van der Waals surface area (Å²) in [6.45, 7) is 8.64. The fourth-order valence-electron chi connectivity index (χ4n) is 2.68. The Bertz CT molecular complexity index is 456. The minimum atomic E-state index is -2.38. The Morgan fingerprint density at radius 1 is 1.25 bits per heavy atom. The highest BCUT2D eigenvalue weighted by Crippen LogP contribution is 2.49. The van der Waals surface area contributed by atoms with Crippen LogP contribution in [-0.2, 0) is 13.0 Å². The van der Waals surface area contributed by atoms with Gasteiger partial charge in [-0.05, 0) is 24.5 Å². The lowest BCUT2D eigenvalue weighted by Crippen LogP contribution is -2.33. The summed E-state index contributed by atoms with van der Waals surface area (Å²) >= 11 is 0. The van der Waals surface area contributed by atoms with Crippen molar-refractivity contribution in [3.8, 4) is 0 Å². The Labute approximate surface area is 121 Å². The predicted octanol–water partition coefficient (Wildman–Crippen LogP) is 4.42. The van der Waals surface area contributed by atoms with Crippen molar-refractivity contribution < 1.29 is 8.78 Å². The molecule has 1 aliphatic carbocycles. The Morgan fingerprint density at radius 2 is 1.90 bits per heavy atom. The van der Waals surface area contributed by atoms with Gasteiger partial charge >= 0.3 is 0 Å². The van der Waals surface area contributed by atoms with Gasteiger partial charge in [0.15, 0.2) is 0 Å². The van der Waals surface area contributed by atoms with Crippen LogP contribution in [0.2, 0.25) is 0 Å². The molecule has 1 fully saturated rings. The molecule has 0 spiro atoms. The van der Waals surface area contributed by atoms with Crippen LogP contribution in [0, 0.1) is 12.8 Å². The Kier molecular flexibility index (Phi) is 4.79. The van der Waals surface area contributed by atoms with E-state index in [1.165, 1.54) is 23.1 Å². The summed E-state index contributed by atoms with van der Waals surface area (Å²) in [7, 11) is 0. The molecule has 1 unspecified atom stereocenters. The third-order valence-corrected chi connectivity index (χ3v) is 3.89. The molecule has 0 saturated heterocycles. The molecule has 0 radical (unpaired) electrons. The summed E-state index contributed by atoms with van der Waals surface area (Å²) in [5, 5.41) is 0. The molecule has 0 amide bonds. The predicted molar refractivity (Wildman–Crippen MR) is 79.2 cm³/mol. The summed E-state index contributed by atoms with van der Waals surface area (Å²) in [4.78, 5) is 2.17. The van der Waals surface area contributed by atoms with E-state index in [1.54, 1.807) is 0 Å². The van der Waals surface area contributed by atoms with Crippen molar-refractivity contribution in [1.29, 1.82) is 0 Å². The maximum absolute atomic E-state index is 12.9. The molecular weight excluding hydrogens is 256 g/mol. The van der Waals surface area contributed by atoms with E-state index in [-0.39, 0.29) is 6.42 Å². The van der Waals surface area contributed by atoms with Crippen LogP contribution in [0.15, 0.2) is 18.2 Å². The molecule has 1 saturated carbocycles. The summed E-state index contributed by atoms with van der Waals surface area (Å²) in [5.74, 6) is -2.78. The molecule has 1 aliphatic heterocycles. The fraction of sp³-hybridized carbons (Fsp3) is 0.647. The molecule has 112 valence electrons. The van der Waals surface area contributed by atoms with E-state index in [9.17, 15) is 8.78 Å². The van der Waals surface area contributed by atoms with Crippen LogP contribution in [0.5, 0.6) is 0 Å². The average molecular weight is 281 g/mol. The lowest BCUT2D eigenvalue weighted by molar-refractivity contribution is 0.0853. The molecule has 1 aromatic carbocycles. The van der Waals surface area contributed by atoms with Crippen LogP contribution in [-0.4, -0.2) is 23.9 Å². The standard InChI is InChI=1S/C14H17F2N.C3H8/c1-10-2-3-11-4-5-17(8-12(11)6-10)9-13-7-14(13,15)16;1-3-2/h2-3,6,13H,4-5,7-9H2,1H3;3H2,1-2H3. The number of fused-ring (bicyclic) bond motifs is 1. The van der Waals surface area contributed by atoms with E-state index in [1.807, 2.05) is 0 Å². The Hall–Kier alpha value is -0.960. The van der Waals surface area contributed by atoms with Crippen LogP contribution in [0.25, 0.3) is 0 Å². The first kappa shape index (κ1) is 15.4. The number of aryl methyl sites for hydroxylation is 1. The summed E-state index contributed by atoms with van der Waals surface area (Å²) in [5.41, 5.74) is 3.96. The first-order valence-corrected chi connectivity index (χ1v) is 7.64. The zero-order valence-corrected chi connectivity index (χ0v) is 12.8. The second kappa shape index (κ2) is 6.21. The second-order valence-electron chi connectivity index (χ2n) is 6.13. The second-order valence-corrected chi connectivity index (χ2v) is 6.13. The summed E-state index contributed by atoms with van der Waals surface area (Å²) in [6.07, 6.45) is 2.33. The number of benzene rings is 1.